The van der Waals surface area contributed by atoms with Crippen LogP contribution in [0.4, 0.5) is 0 Å². The summed E-state index contributed by atoms with van der Waals surface area (Å²) in [7, 11) is 5.60. The Labute approximate surface area is 194 Å². The Bertz CT molecular complexity index is 1140. The summed E-state index contributed by atoms with van der Waals surface area (Å²) < 4.78 is 5.32. The molecule has 0 saturated heterocycles. The molecule has 0 aliphatic rings. The van der Waals surface area contributed by atoms with Crippen molar-refractivity contribution in [3.05, 3.63) is 90.0 Å². The normalized spacial score (nSPS) is 12.1. The van der Waals surface area contributed by atoms with Gasteiger partial charge in [0, 0.05) is 54.6 Å². The molecule has 0 aliphatic heterocycles. The van der Waals surface area contributed by atoms with Crippen molar-refractivity contribution in [3.63, 3.8) is 0 Å². The first-order valence-electron chi connectivity index (χ1n) is 10.2. The zero-order valence-corrected chi connectivity index (χ0v) is 19.7. The second kappa shape index (κ2) is 10.7. The van der Waals surface area contributed by atoms with Gasteiger partial charge in [-0.05, 0) is 30.7 Å². The van der Waals surface area contributed by atoms with Crippen LogP contribution in [-0.2, 0) is 0 Å². The molecule has 0 aliphatic carbocycles. The van der Waals surface area contributed by atoms with Crippen molar-refractivity contribution in [1.29, 1.82) is 0 Å². The van der Waals surface area contributed by atoms with Gasteiger partial charge in [-0.15, -0.1) is 23.8 Å². The van der Waals surface area contributed by atoms with Gasteiger partial charge in [0.2, 0.25) is 0 Å². The number of aromatic nitrogens is 2. The van der Waals surface area contributed by atoms with E-state index in [0.717, 1.165) is 38.1 Å². The van der Waals surface area contributed by atoms with E-state index >= 15 is 0 Å². The summed E-state index contributed by atoms with van der Waals surface area (Å²) in [5.41, 5.74) is 2.95. The first kappa shape index (κ1) is 23.1. The largest absolute Gasteiger partial charge is 0.497 e. The average molecular weight is 445 g/mol. The fourth-order valence-corrected chi connectivity index (χ4v) is 4.27. The van der Waals surface area contributed by atoms with Gasteiger partial charge < -0.3 is 15.0 Å². The minimum atomic E-state index is -0.0892. The Hall–Kier alpha value is -3.56. The van der Waals surface area contributed by atoms with E-state index in [1.54, 1.807) is 24.6 Å². The topological polar surface area (TPSA) is 50.3 Å². The molecule has 32 heavy (non-hydrogen) atoms. The number of benzene rings is 1. The predicted octanol–water partition coefficient (Wildman–Crippen LogP) is 5.22. The Morgan fingerprint density at radius 3 is 2.59 bits per heavy atom. The van der Waals surface area contributed by atoms with Crippen LogP contribution >= 0.6 is 11.3 Å². The Morgan fingerprint density at radius 1 is 1.22 bits per heavy atom. The maximum absolute atomic E-state index is 5.32. The van der Waals surface area contributed by atoms with E-state index in [0.29, 0.717) is 0 Å². The van der Waals surface area contributed by atoms with Gasteiger partial charge in [0.25, 0.3) is 0 Å². The molecule has 0 amide bonds. The van der Waals surface area contributed by atoms with Crippen molar-refractivity contribution in [1.82, 2.24) is 20.2 Å². The molecule has 0 fully saturated rings. The zero-order valence-electron chi connectivity index (χ0n) is 18.9. The maximum atomic E-state index is 5.32. The summed E-state index contributed by atoms with van der Waals surface area (Å²) in [5.74, 6) is 7.61. The molecule has 3 aromatic rings. The third kappa shape index (κ3) is 5.37. The number of methoxy groups -OCH3 is 1. The maximum Gasteiger partial charge on any atom is 0.125 e. The zero-order chi connectivity index (χ0) is 23.1. The number of ether oxygens (including phenoxy) is 1. The highest BCUT2D eigenvalue weighted by Crippen LogP contribution is 2.38. The van der Waals surface area contributed by atoms with Crippen LogP contribution in [0, 0.1) is 11.8 Å². The molecule has 164 valence electrons. The molecule has 2 unspecified atom stereocenters. The van der Waals surface area contributed by atoms with E-state index in [1.165, 1.54) is 0 Å². The molecule has 5 nitrogen and oxygen atoms in total. The molecule has 2 heterocycles. The highest BCUT2D eigenvalue weighted by atomic mass is 32.1. The number of nitrogens with one attached hydrogen (secondary N) is 1. The van der Waals surface area contributed by atoms with Crippen molar-refractivity contribution in [2.45, 2.75) is 18.9 Å². The first-order valence-corrected chi connectivity index (χ1v) is 11.0. The second-order valence-corrected chi connectivity index (χ2v) is 8.47. The van der Waals surface area contributed by atoms with Gasteiger partial charge >= 0.3 is 0 Å². The lowest BCUT2D eigenvalue weighted by Gasteiger charge is -2.29. The molecule has 0 spiro atoms. The van der Waals surface area contributed by atoms with Crippen LogP contribution in [0.25, 0.3) is 10.6 Å². The molecule has 0 saturated carbocycles. The molecule has 1 N–H and O–H groups in total. The lowest BCUT2D eigenvalue weighted by molar-refractivity contribution is 0.412. The summed E-state index contributed by atoms with van der Waals surface area (Å²) >= 11 is 1.63. The first-order chi connectivity index (χ1) is 15.5. The van der Waals surface area contributed by atoms with Crippen molar-refractivity contribution in [2.75, 3.05) is 21.2 Å². The third-order valence-electron chi connectivity index (χ3n) is 5.06. The lowest BCUT2D eigenvalue weighted by atomic mass is 9.90. The fraction of sp³-hybridized carbons (Fsp3) is 0.231. The number of hydrogen-bond acceptors (Lipinski definition) is 6. The molecule has 0 bridgehead atoms. The van der Waals surface area contributed by atoms with Crippen LogP contribution in [-0.4, -0.2) is 36.1 Å². The molecular weight excluding hydrogens is 416 g/mol. The van der Waals surface area contributed by atoms with Crippen LogP contribution in [0.1, 0.15) is 34.9 Å². The summed E-state index contributed by atoms with van der Waals surface area (Å²) in [6, 6.07) is 9.99. The predicted molar refractivity (Wildman–Crippen MR) is 133 cm³/mol. The van der Waals surface area contributed by atoms with Gasteiger partial charge in [-0.25, -0.2) is 4.98 Å². The van der Waals surface area contributed by atoms with Crippen molar-refractivity contribution >= 4 is 11.3 Å². The van der Waals surface area contributed by atoms with Gasteiger partial charge in [-0.1, -0.05) is 30.7 Å². The number of hydrogen-bond donors (Lipinski definition) is 1. The van der Waals surface area contributed by atoms with Gasteiger partial charge in [0.05, 0.1) is 19.0 Å². The van der Waals surface area contributed by atoms with E-state index in [2.05, 4.69) is 47.4 Å². The third-order valence-corrected chi connectivity index (χ3v) is 6.19. The number of rotatable bonds is 9. The van der Waals surface area contributed by atoms with Crippen molar-refractivity contribution in [3.8, 4) is 28.2 Å². The molecule has 3 rings (SSSR count). The van der Waals surface area contributed by atoms with Gasteiger partial charge in [-0.2, -0.15) is 0 Å². The SMILES string of the molecule is C=CC(c1ccc(OC)cc1)C(NC(=C)N(C)C)c1cnc(-c2cncc(C#CC)c2)s1. The van der Waals surface area contributed by atoms with E-state index in [4.69, 9.17) is 9.72 Å². The van der Waals surface area contributed by atoms with Crippen LogP contribution in [0.15, 0.2) is 74.0 Å². The molecular formula is C26H28N4OS. The Morgan fingerprint density at radius 2 is 1.97 bits per heavy atom. The van der Waals surface area contributed by atoms with E-state index in [9.17, 15) is 0 Å². The van der Waals surface area contributed by atoms with Gasteiger partial charge in [0.15, 0.2) is 0 Å². The minimum Gasteiger partial charge on any atom is -0.497 e. The standard InChI is InChI=1S/C26H28N4OS/c1-7-9-19-14-21(16-27-15-19)26-28-17-24(32-26)25(29-18(3)30(4)5)23(8-2)20-10-12-22(31-6)13-11-20/h8,10-17,23,25,29H,2-3H2,1,4-6H3. The van der Waals surface area contributed by atoms with Gasteiger partial charge in [0.1, 0.15) is 10.8 Å². The fourth-order valence-electron chi connectivity index (χ4n) is 3.27. The van der Waals surface area contributed by atoms with Crippen LogP contribution < -0.4 is 10.1 Å². The quantitative estimate of drug-likeness (QED) is 0.362. The Balaban J connectivity index is 2.00. The molecule has 0 radical (unpaired) electrons. The van der Waals surface area contributed by atoms with Crippen molar-refractivity contribution in [2.24, 2.45) is 0 Å². The van der Waals surface area contributed by atoms with Crippen molar-refractivity contribution < 1.29 is 4.74 Å². The Kier molecular flexibility index (Phi) is 7.69. The summed E-state index contributed by atoms with van der Waals surface area (Å²) in [6.45, 7) is 10.1. The van der Waals surface area contributed by atoms with E-state index in [-0.39, 0.29) is 12.0 Å². The van der Waals surface area contributed by atoms with Gasteiger partial charge in [-0.3, -0.25) is 4.98 Å². The smallest absolute Gasteiger partial charge is 0.125 e. The number of thiazole rings is 1. The number of nitrogens with zero attached hydrogens (tertiary/aromatic N) is 3. The molecule has 6 heteroatoms. The van der Waals surface area contributed by atoms with Crippen LogP contribution in [0.2, 0.25) is 0 Å². The molecule has 2 aromatic heterocycles. The minimum absolute atomic E-state index is 0.00123. The summed E-state index contributed by atoms with van der Waals surface area (Å²) in [4.78, 5) is 12.0. The monoisotopic (exact) mass is 444 g/mol. The second-order valence-electron chi connectivity index (χ2n) is 7.40. The average Bonchev–Trinajstić information content (AvgIpc) is 3.29. The van der Waals surface area contributed by atoms with Crippen LogP contribution in [0.5, 0.6) is 5.75 Å². The van der Waals surface area contributed by atoms with E-state index < -0.39 is 0 Å². The number of pyridine rings is 1. The van der Waals surface area contributed by atoms with Crippen LogP contribution in [0.3, 0.4) is 0 Å². The van der Waals surface area contributed by atoms with E-state index in [1.807, 2.05) is 62.6 Å². The highest BCUT2D eigenvalue weighted by molar-refractivity contribution is 7.15. The molecule has 2 atom stereocenters. The summed E-state index contributed by atoms with van der Waals surface area (Å²) in [5, 5.41) is 4.46. The lowest BCUT2D eigenvalue weighted by Crippen LogP contribution is -2.31. The molecule has 1 aromatic carbocycles. The highest BCUT2D eigenvalue weighted by Gasteiger charge is 2.26. The summed E-state index contributed by atoms with van der Waals surface area (Å²) in [6.07, 6.45) is 7.45.